The van der Waals surface area contributed by atoms with Gasteiger partial charge in [0.2, 0.25) is 0 Å². The molecule has 1 aliphatic carbocycles. The smallest absolute Gasteiger partial charge is 0.117 e. The Bertz CT molecular complexity index is 323. The summed E-state index contributed by atoms with van der Waals surface area (Å²) < 4.78 is 10.4. The lowest BCUT2D eigenvalue weighted by atomic mass is 10.2. The molecular formula is C15H26N2O2. The third kappa shape index (κ3) is 5.76. The van der Waals surface area contributed by atoms with Gasteiger partial charge < -0.3 is 14.5 Å². The van der Waals surface area contributed by atoms with Gasteiger partial charge >= 0.3 is 0 Å². The summed E-state index contributed by atoms with van der Waals surface area (Å²) in [4.78, 5) is 2.56. The third-order valence-corrected chi connectivity index (χ3v) is 3.53. The second-order valence-electron chi connectivity index (χ2n) is 5.23. The zero-order valence-corrected chi connectivity index (χ0v) is 11.9. The lowest BCUT2D eigenvalue weighted by Crippen LogP contribution is -2.27. The fourth-order valence-corrected chi connectivity index (χ4v) is 2.30. The van der Waals surface area contributed by atoms with Crippen molar-refractivity contribution in [1.29, 1.82) is 0 Å². The summed E-state index contributed by atoms with van der Waals surface area (Å²) in [5.74, 6) is 1.09. The molecule has 4 nitrogen and oxygen atoms in total. The van der Waals surface area contributed by atoms with Crippen LogP contribution in [-0.2, 0) is 11.3 Å². The van der Waals surface area contributed by atoms with Crippen molar-refractivity contribution in [2.45, 2.75) is 38.3 Å². The summed E-state index contributed by atoms with van der Waals surface area (Å²) in [6.45, 7) is 4.98. The minimum atomic E-state index is 0.798. The highest BCUT2D eigenvalue weighted by atomic mass is 16.5. The van der Waals surface area contributed by atoms with E-state index in [1.54, 1.807) is 13.4 Å². The average molecular weight is 266 g/mol. The van der Waals surface area contributed by atoms with E-state index in [0.717, 1.165) is 38.0 Å². The van der Waals surface area contributed by atoms with Gasteiger partial charge in [-0.25, -0.2) is 0 Å². The number of methoxy groups -OCH3 is 1. The molecule has 0 bridgehead atoms. The minimum absolute atomic E-state index is 0.798. The predicted octanol–water partition coefficient (Wildman–Crippen LogP) is 2.26. The molecule has 1 N–H and O–H groups in total. The summed E-state index contributed by atoms with van der Waals surface area (Å²) in [5.41, 5.74) is 0. The Balaban J connectivity index is 1.56. The third-order valence-electron chi connectivity index (χ3n) is 3.53. The molecular weight excluding hydrogens is 240 g/mol. The predicted molar refractivity (Wildman–Crippen MR) is 76.1 cm³/mol. The van der Waals surface area contributed by atoms with Crippen LogP contribution in [0.5, 0.6) is 0 Å². The van der Waals surface area contributed by atoms with Gasteiger partial charge in [-0.3, -0.25) is 4.90 Å². The molecule has 0 unspecified atom stereocenters. The molecule has 0 aliphatic heterocycles. The Morgan fingerprint density at radius 3 is 2.95 bits per heavy atom. The van der Waals surface area contributed by atoms with Crippen LogP contribution in [0.25, 0.3) is 0 Å². The summed E-state index contributed by atoms with van der Waals surface area (Å²) >= 11 is 0. The standard InChI is InChI=1S/C15H26N2O2/c1-18-12-9-16-8-2-3-10-17(14-6-7-14)13-15-5-4-11-19-15/h4-5,11,14,16H,2-3,6-10,12-13H2,1H3. The highest BCUT2D eigenvalue weighted by molar-refractivity contribution is 4.99. The number of furan rings is 1. The molecule has 0 amide bonds. The Morgan fingerprint density at radius 1 is 1.37 bits per heavy atom. The van der Waals surface area contributed by atoms with Gasteiger partial charge in [0, 0.05) is 19.7 Å². The molecule has 2 rings (SSSR count). The average Bonchev–Trinajstić information content (AvgIpc) is 3.14. The largest absolute Gasteiger partial charge is 0.468 e. The second-order valence-corrected chi connectivity index (χ2v) is 5.23. The molecule has 1 aliphatic rings. The van der Waals surface area contributed by atoms with E-state index < -0.39 is 0 Å². The first kappa shape index (κ1) is 14.6. The van der Waals surface area contributed by atoms with Crippen molar-refractivity contribution in [3.8, 4) is 0 Å². The van der Waals surface area contributed by atoms with Gasteiger partial charge in [-0.1, -0.05) is 0 Å². The number of rotatable bonds is 11. The van der Waals surface area contributed by atoms with Crippen molar-refractivity contribution in [3.63, 3.8) is 0 Å². The van der Waals surface area contributed by atoms with E-state index in [1.165, 1.54) is 32.2 Å². The minimum Gasteiger partial charge on any atom is -0.468 e. The first-order chi connectivity index (χ1) is 9.40. The quantitative estimate of drug-likeness (QED) is 0.623. The van der Waals surface area contributed by atoms with Gasteiger partial charge in [-0.2, -0.15) is 0 Å². The van der Waals surface area contributed by atoms with E-state index in [1.807, 2.05) is 6.07 Å². The van der Waals surface area contributed by atoms with Crippen LogP contribution >= 0.6 is 0 Å². The Kier molecular flexibility index (Phi) is 6.41. The maximum atomic E-state index is 5.45. The van der Waals surface area contributed by atoms with Crippen LogP contribution in [-0.4, -0.2) is 44.3 Å². The molecule has 1 aromatic rings. The summed E-state index contributed by atoms with van der Waals surface area (Å²) in [6.07, 6.45) is 6.95. The number of nitrogens with zero attached hydrogens (tertiary/aromatic N) is 1. The van der Waals surface area contributed by atoms with Gasteiger partial charge in [0.05, 0.1) is 19.4 Å². The zero-order valence-electron chi connectivity index (χ0n) is 11.9. The molecule has 1 heterocycles. The van der Waals surface area contributed by atoms with E-state index in [9.17, 15) is 0 Å². The van der Waals surface area contributed by atoms with E-state index in [-0.39, 0.29) is 0 Å². The molecule has 108 valence electrons. The number of hydrogen-bond acceptors (Lipinski definition) is 4. The van der Waals surface area contributed by atoms with Crippen LogP contribution in [0.1, 0.15) is 31.4 Å². The van der Waals surface area contributed by atoms with Gasteiger partial charge in [0.15, 0.2) is 0 Å². The maximum absolute atomic E-state index is 5.45. The van der Waals surface area contributed by atoms with Crippen molar-refractivity contribution >= 4 is 0 Å². The van der Waals surface area contributed by atoms with Gasteiger partial charge in [-0.15, -0.1) is 0 Å². The summed E-state index contributed by atoms with van der Waals surface area (Å²) in [5, 5.41) is 3.39. The van der Waals surface area contributed by atoms with Gasteiger partial charge in [0.25, 0.3) is 0 Å². The second kappa shape index (κ2) is 8.35. The molecule has 19 heavy (non-hydrogen) atoms. The van der Waals surface area contributed by atoms with Crippen molar-refractivity contribution in [3.05, 3.63) is 24.2 Å². The summed E-state index contributed by atoms with van der Waals surface area (Å²) in [7, 11) is 1.74. The van der Waals surface area contributed by atoms with Crippen LogP contribution in [0.15, 0.2) is 22.8 Å². The van der Waals surface area contributed by atoms with E-state index in [0.29, 0.717) is 0 Å². The first-order valence-electron chi connectivity index (χ1n) is 7.36. The fourth-order valence-electron chi connectivity index (χ4n) is 2.30. The van der Waals surface area contributed by atoms with E-state index in [4.69, 9.17) is 9.15 Å². The number of hydrogen-bond donors (Lipinski definition) is 1. The highest BCUT2D eigenvalue weighted by Crippen LogP contribution is 2.28. The molecule has 0 saturated heterocycles. The van der Waals surface area contributed by atoms with Crippen LogP contribution < -0.4 is 5.32 Å². The molecule has 1 saturated carbocycles. The number of unbranched alkanes of at least 4 members (excludes halogenated alkanes) is 1. The monoisotopic (exact) mass is 266 g/mol. The highest BCUT2D eigenvalue weighted by Gasteiger charge is 2.28. The van der Waals surface area contributed by atoms with Crippen molar-refractivity contribution < 1.29 is 9.15 Å². The Hall–Kier alpha value is -0.840. The van der Waals surface area contributed by atoms with Gasteiger partial charge in [-0.05, 0) is 50.9 Å². The van der Waals surface area contributed by atoms with Crippen molar-refractivity contribution in [2.24, 2.45) is 0 Å². The molecule has 0 spiro atoms. The molecule has 1 aromatic heterocycles. The number of ether oxygens (including phenoxy) is 1. The molecule has 0 aromatic carbocycles. The normalized spacial score (nSPS) is 15.3. The van der Waals surface area contributed by atoms with E-state index in [2.05, 4.69) is 16.3 Å². The van der Waals surface area contributed by atoms with Crippen molar-refractivity contribution in [1.82, 2.24) is 10.2 Å². The SMILES string of the molecule is COCCNCCCCN(Cc1ccco1)C1CC1. The van der Waals surface area contributed by atoms with Crippen LogP contribution in [0.3, 0.4) is 0 Å². The first-order valence-corrected chi connectivity index (χ1v) is 7.36. The maximum Gasteiger partial charge on any atom is 0.117 e. The molecule has 4 heteroatoms. The molecule has 0 radical (unpaired) electrons. The van der Waals surface area contributed by atoms with Crippen LogP contribution in [0, 0.1) is 0 Å². The Morgan fingerprint density at radius 2 is 2.26 bits per heavy atom. The van der Waals surface area contributed by atoms with Crippen molar-refractivity contribution in [2.75, 3.05) is 33.4 Å². The topological polar surface area (TPSA) is 37.6 Å². The lowest BCUT2D eigenvalue weighted by Gasteiger charge is -2.20. The zero-order chi connectivity index (χ0) is 13.3. The molecule has 1 fully saturated rings. The lowest BCUT2D eigenvalue weighted by molar-refractivity contribution is 0.198. The van der Waals surface area contributed by atoms with E-state index >= 15 is 0 Å². The van der Waals surface area contributed by atoms with Crippen LogP contribution in [0.4, 0.5) is 0 Å². The molecule has 0 atom stereocenters. The Labute approximate surface area is 116 Å². The number of nitrogens with one attached hydrogen (secondary N) is 1. The van der Waals surface area contributed by atoms with Gasteiger partial charge in [0.1, 0.15) is 5.76 Å². The fraction of sp³-hybridized carbons (Fsp3) is 0.733. The summed E-state index contributed by atoms with van der Waals surface area (Å²) in [6, 6.07) is 4.84. The van der Waals surface area contributed by atoms with Crippen LogP contribution in [0.2, 0.25) is 0 Å².